The van der Waals surface area contributed by atoms with Crippen LogP contribution < -0.4 is 5.32 Å². The molecule has 1 aromatic carbocycles. The van der Waals surface area contributed by atoms with E-state index in [4.69, 9.17) is 0 Å². The fourth-order valence-corrected chi connectivity index (χ4v) is 3.83. The van der Waals surface area contributed by atoms with Crippen LogP contribution in [0.3, 0.4) is 0 Å². The minimum atomic E-state index is -4.47. The highest BCUT2D eigenvalue weighted by atomic mass is 32.2. The first kappa shape index (κ1) is 17.8. The molecule has 1 atom stereocenters. The molecule has 0 spiro atoms. The molecule has 1 saturated heterocycles. The van der Waals surface area contributed by atoms with Gasteiger partial charge >= 0.3 is 6.18 Å². The third kappa shape index (κ3) is 4.00. The molecular formula is C17H17F3N2O2S. The van der Waals surface area contributed by atoms with Crippen molar-refractivity contribution < 1.29 is 22.8 Å². The highest BCUT2D eigenvalue weighted by molar-refractivity contribution is 8.04. The van der Waals surface area contributed by atoms with Crippen molar-refractivity contribution >= 4 is 29.3 Å². The summed E-state index contributed by atoms with van der Waals surface area (Å²) < 4.78 is 38.3. The Balaban J connectivity index is 1.79. The molecule has 2 aliphatic heterocycles. The van der Waals surface area contributed by atoms with Gasteiger partial charge in [0.15, 0.2) is 0 Å². The van der Waals surface area contributed by atoms with Crippen molar-refractivity contribution in [3.05, 3.63) is 34.7 Å². The number of alkyl halides is 3. The zero-order valence-electron chi connectivity index (χ0n) is 13.5. The zero-order valence-corrected chi connectivity index (χ0v) is 14.3. The number of carbonyl (C=O) groups excluding carboxylic acids is 2. The Morgan fingerprint density at radius 2 is 2.16 bits per heavy atom. The second-order valence-electron chi connectivity index (χ2n) is 6.31. The Morgan fingerprint density at radius 1 is 1.40 bits per heavy atom. The number of carbonyl (C=O) groups is 2. The minimum Gasteiger partial charge on any atom is -0.339 e. The summed E-state index contributed by atoms with van der Waals surface area (Å²) in [5, 5.41) is 2.44. The third-order valence-corrected chi connectivity index (χ3v) is 5.32. The van der Waals surface area contributed by atoms with Gasteiger partial charge in [-0.3, -0.25) is 9.59 Å². The summed E-state index contributed by atoms with van der Waals surface area (Å²) in [6, 6.07) is 3.18. The summed E-state index contributed by atoms with van der Waals surface area (Å²) in [6.45, 7) is 3.38. The largest absolute Gasteiger partial charge is 0.416 e. The maximum atomic E-state index is 12.8. The first-order valence-corrected chi connectivity index (χ1v) is 8.77. The Morgan fingerprint density at radius 3 is 2.84 bits per heavy atom. The van der Waals surface area contributed by atoms with Crippen LogP contribution >= 0.6 is 11.8 Å². The molecule has 0 saturated carbocycles. The molecule has 1 unspecified atom stereocenters. The maximum absolute atomic E-state index is 12.8. The van der Waals surface area contributed by atoms with Crippen LogP contribution in [-0.4, -0.2) is 29.8 Å². The number of amides is 2. The Bertz CT molecular complexity index is 746. The number of hydrogen-bond acceptors (Lipinski definition) is 3. The van der Waals surface area contributed by atoms with Crippen LogP contribution in [0.25, 0.3) is 0 Å². The van der Waals surface area contributed by atoms with Crippen molar-refractivity contribution in [2.24, 2.45) is 5.92 Å². The van der Waals surface area contributed by atoms with Crippen LogP contribution in [0.2, 0.25) is 0 Å². The number of halogens is 3. The summed E-state index contributed by atoms with van der Waals surface area (Å²) in [5.41, 5.74) is -0.709. The number of hydrogen-bond donors (Lipinski definition) is 1. The van der Waals surface area contributed by atoms with Crippen molar-refractivity contribution in [1.82, 2.24) is 4.90 Å². The van der Waals surface area contributed by atoms with Crippen LogP contribution in [0.1, 0.15) is 25.3 Å². The fraction of sp³-hybridized carbons (Fsp3) is 0.412. The number of benzene rings is 1. The molecule has 8 heteroatoms. The SMILES string of the molecule is CC1CCCN(C(=O)/C=C2/Sc3ccc(C(F)(F)F)cc3NC2=O)C1. The molecule has 0 radical (unpaired) electrons. The van der Waals surface area contributed by atoms with Gasteiger partial charge in [0.1, 0.15) is 0 Å². The van der Waals surface area contributed by atoms with Gasteiger partial charge in [-0.1, -0.05) is 18.7 Å². The lowest BCUT2D eigenvalue weighted by molar-refractivity contribution is -0.137. The second-order valence-corrected chi connectivity index (χ2v) is 7.39. The molecule has 4 nitrogen and oxygen atoms in total. The van der Waals surface area contributed by atoms with Gasteiger partial charge in [0.2, 0.25) is 5.91 Å². The van der Waals surface area contributed by atoms with Gasteiger partial charge in [0, 0.05) is 24.1 Å². The Labute approximate surface area is 147 Å². The molecule has 1 aromatic rings. The van der Waals surface area contributed by atoms with Gasteiger partial charge in [-0.25, -0.2) is 0 Å². The third-order valence-electron chi connectivity index (χ3n) is 4.22. The average molecular weight is 370 g/mol. The van der Waals surface area contributed by atoms with Crippen LogP contribution in [0.4, 0.5) is 18.9 Å². The molecule has 2 amide bonds. The number of rotatable bonds is 1. The monoisotopic (exact) mass is 370 g/mol. The van der Waals surface area contributed by atoms with Crippen molar-refractivity contribution in [2.45, 2.75) is 30.8 Å². The molecule has 1 fully saturated rings. The number of nitrogens with zero attached hydrogens (tertiary/aromatic N) is 1. The van der Waals surface area contributed by atoms with Gasteiger partial charge in [0.25, 0.3) is 5.91 Å². The molecule has 2 aliphatic rings. The molecule has 2 heterocycles. The molecule has 1 N–H and O–H groups in total. The normalized spacial score (nSPS) is 22.6. The second kappa shape index (κ2) is 6.74. The smallest absolute Gasteiger partial charge is 0.339 e. The maximum Gasteiger partial charge on any atom is 0.416 e. The highest BCUT2D eigenvalue weighted by Crippen LogP contribution is 2.41. The summed E-state index contributed by atoms with van der Waals surface area (Å²) in [5.74, 6) is -0.375. The van der Waals surface area contributed by atoms with E-state index in [0.29, 0.717) is 23.9 Å². The molecular weight excluding hydrogens is 353 g/mol. The fourth-order valence-electron chi connectivity index (χ4n) is 2.93. The Kier molecular flexibility index (Phi) is 4.81. The van der Waals surface area contributed by atoms with Crippen molar-refractivity contribution in [3.8, 4) is 0 Å². The lowest BCUT2D eigenvalue weighted by Gasteiger charge is -2.30. The first-order valence-electron chi connectivity index (χ1n) is 7.95. The number of anilines is 1. The summed E-state index contributed by atoms with van der Waals surface area (Å²) in [7, 11) is 0. The minimum absolute atomic E-state index is 0.112. The van der Waals surface area contributed by atoms with E-state index in [2.05, 4.69) is 12.2 Å². The average Bonchev–Trinajstić information content (AvgIpc) is 2.54. The molecule has 25 heavy (non-hydrogen) atoms. The summed E-state index contributed by atoms with van der Waals surface area (Å²) in [4.78, 5) is 26.9. The van der Waals surface area contributed by atoms with E-state index in [-0.39, 0.29) is 16.5 Å². The lowest BCUT2D eigenvalue weighted by atomic mass is 10.0. The van der Waals surface area contributed by atoms with Crippen LogP contribution in [-0.2, 0) is 15.8 Å². The number of likely N-dealkylation sites (tertiary alicyclic amines) is 1. The summed E-state index contributed by atoms with van der Waals surface area (Å²) in [6.07, 6.45) is -1.19. The molecule has 134 valence electrons. The van der Waals surface area contributed by atoms with Crippen molar-refractivity contribution in [1.29, 1.82) is 0 Å². The lowest BCUT2D eigenvalue weighted by Crippen LogP contribution is -2.38. The van der Waals surface area contributed by atoms with Gasteiger partial charge in [-0.05, 0) is 37.0 Å². The number of nitrogens with one attached hydrogen (secondary N) is 1. The van der Waals surface area contributed by atoms with Gasteiger partial charge < -0.3 is 10.2 Å². The zero-order chi connectivity index (χ0) is 18.2. The number of fused-ring (bicyclic) bond motifs is 1. The van der Waals surface area contributed by atoms with Gasteiger partial charge in [0.05, 0.1) is 16.2 Å². The van der Waals surface area contributed by atoms with Crippen LogP contribution in [0, 0.1) is 5.92 Å². The predicted molar refractivity (Wildman–Crippen MR) is 89.0 cm³/mol. The first-order chi connectivity index (χ1) is 11.7. The van der Waals surface area contributed by atoms with E-state index >= 15 is 0 Å². The number of piperidine rings is 1. The van der Waals surface area contributed by atoms with Crippen molar-refractivity contribution in [3.63, 3.8) is 0 Å². The van der Waals surface area contributed by atoms with E-state index in [1.807, 2.05) is 0 Å². The van der Waals surface area contributed by atoms with E-state index in [1.165, 1.54) is 12.1 Å². The number of thioether (sulfide) groups is 1. The van der Waals surface area contributed by atoms with E-state index in [0.717, 1.165) is 36.7 Å². The standard InChI is InChI=1S/C17H17F3N2O2S/c1-10-3-2-6-22(9-10)15(23)8-14-16(24)21-12-7-11(17(18,19)20)4-5-13(12)25-14/h4-5,7-8,10H,2-3,6,9H2,1H3,(H,21,24)/b14-8+. The predicted octanol–water partition coefficient (Wildman–Crippen LogP) is 3.89. The molecule has 3 rings (SSSR count). The summed E-state index contributed by atoms with van der Waals surface area (Å²) >= 11 is 1.01. The van der Waals surface area contributed by atoms with E-state index in [9.17, 15) is 22.8 Å². The van der Waals surface area contributed by atoms with E-state index in [1.54, 1.807) is 4.90 Å². The topological polar surface area (TPSA) is 49.4 Å². The van der Waals surface area contributed by atoms with E-state index < -0.39 is 17.6 Å². The molecule has 0 aliphatic carbocycles. The highest BCUT2D eigenvalue weighted by Gasteiger charge is 2.33. The van der Waals surface area contributed by atoms with Crippen LogP contribution in [0.15, 0.2) is 34.1 Å². The van der Waals surface area contributed by atoms with Gasteiger partial charge in [-0.2, -0.15) is 13.2 Å². The molecule has 0 aromatic heterocycles. The van der Waals surface area contributed by atoms with Gasteiger partial charge in [-0.15, -0.1) is 0 Å². The molecule has 0 bridgehead atoms. The van der Waals surface area contributed by atoms with Crippen LogP contribution in [0.5, 0.6) is 0 Å². The van der Waals surface area contributed by atoms with Crippen molar-refractivity contribution in [2.75, 3.05) is 18.4 Å². The Hall–Kier alpha value is -1.96. The quantitative estimate of drug-likeness (QED) is 0.763.